The lowest BCUT2D eigenvalue weighted by atomic mass is 10.0. The van der Waals surface area contributed by atoms with Crippen molar-refractivity contribution in [3.8, 4) is 17.2 Å². The van der Waals surface area contributed by atoms with Gasteiger partial charge in [0.05, 0.1) is 13.7 Å². The molecular weight excluding hydrogens is 382 g/mol. The van der Waals surface area contributed by atoms with Crippen LogP contribution in [0, 0.1) is 6.92 Å². The topological polar surface area (TPSA) is 90.2 Å². The Balaban J connectivity index is 1.75. The van der Waals surface area contributed by atoms with Gasteiger partial charge in [0.1, 0.15) is 5.75 Å². The summed E-state index contributed by atoms with van der Waals surface area (Å²) in [5.41, 5.74) is 3.39. The van der Waals surface area contributed by atoms with Gasteiger partial charge in [-0.1, -0.05) is 36.4 Å². The first-order chi connectivity index (χ1) is 14.4. The fraction of sp³-hybridized carbons (Fsp3) is 0.125. The lowest BCUT2D eigenvalue weighted by molar-refractivity contribution is -0.111. The number of hydroxylamine groups is 2. The zero-order valence-corrected chi connectivity index (χ0v) is 16.7. The number of nitrogens with zero attached hydrogens (tertiary/aromatic N) is 1. The highest BCUT2D eigenvalue weighted by Gasteiger charge is 2.11. The van der Waals surface area contributed by atoms with Crippen LogP contribution in [0.5, 0.6) is 17.2 Å². The molecule has 1 aliphatic rings. The van der Waals surface area contributed by atoms with Crippen LogP contribution in [0.4, 0.5) is 0 Å². The number of benzene rings is 2. The Morgan fingerprint density at radius 1 is 1.03 bits per heavy atom. The van der Waals surface area contributed by atoms with Crippen LogP contribution in [-0.4, -0.2) is 33.4 Å². The molecule has 6 nitrogen and oxygen atoms in total. The molecule has 1 aliphatic carbocycles. The summed E-state index contributed by atoms with van der Waals surface area (Å²) in [6.45, 7) is 1.92. The normalized spacial score (nSPS) is 15.0. The van der Waals surface area contributed by atoms with Gasteiger partial charge in [-0.25, -0.2) is 0 Å². The average molecular weight is 405 g/mol. The molecule has 154 valence electrons. The maximum Gasteiger partial charge on any atom is 0.187 e. The molecule has 6 heteroatoms. The molecule has 3 N–H and O–H groups in total. The SMILES string of the molecule is COc1cc(/C=C/C2=CC(=CN(O)Cc3ccc(C)c(O)c3)C(=O)C=C2)ccc1O. The van der Waals surface area contributed by atoms with E-state index in [1.165, 1.54) is 19.4 Å². The quantitative estimate of drug-likeness (QED) is 0.491. The average Bonchev–Trinajstić information content (AvgIpc) is 2.72. The number of aromatic hydroxyl groups is 2. The fourth-order valence-electron chi connectivity index (χ4n) is 2.91. The first-order valence-electron chi connectivity index (χ1n) is 9.31. The predicted molar refractivity (Wildman–Crippen MR) is 114 cm³/mol. The van der Waals surface area contributed by atoms with Crippen molar-refractivity contribution in [3.63, 3.8) is 0 Å². The van der Waals surface area contributed by atoms with Crippen molar-refractivity contribution < 1.29 is 25.0 Å². The number of carbonyl (C=O) groups is 1. The van der Waals surface area contributed by atoms with Crippen molar-refractivity contribution in [1.29, 1.82) is 0 Å². The maximum absolute atomic E-state index is 12.2. The number of phenols is 2. The number of carbonyl (C=O) groups excluding carboxylic acids is 1. The van der Waals surface area contributed by atoms with Crippen molar-refractivity contribution in [3.05, 3.63) is 94.7 Å². The smallest absolute Gasteiger partial charge is 0.187 e. The molecule has 0 amide bonds. The van der Waals surface area contributed by atoms with Gasteiger partial charge in [0.15, 0.2) is 17.3 Å². The summed E-state index contributed by atoms with van der Waals surface area (Å²) < 4.78 is 5.10. The predicted octanol–water partition coefficient (Wildman–Crippen LogP) is 4.27. The maximum atomic E-state index is 12.2. The number of phenolic OH excluding ortho intramolecular Hbond substituents is 2. The highest BCUT2D eigenvalue weighted by atomic mass is 16.5. The van der Waals surface area contributed by atoms with Crippen LogP contribution < -0.4 is 4.74 Å². The lowest BCUT2D eigenvalue weighted by Gasteiger charge is -2.15. The van der Waals surface area contributed by atoms with E-state index >= 15 is 0 Å². The zero-order valence-electron chi connectivity index (χ0n) is 16.7. The minimum absolute atomic E-state index is 0.0622. The summed E-state index contributed by atoms with van der Waals surface area (Å²) in [7, 11) is 1.48. The Kier molecular flexibility index (Phi) is 6.39. The van der Waals surface area contributed by atoms with Gasteiger partial charge in [0.25, 0.3) is 0 Å². The van der Waals surface area contributed by atoms with Crippen LogP contribution in [-0.2, 0) is 11.3 Å². The second-order valence-corrected chi connectivity index (χ2v) is 6.91. The Bertz CT molecular complexity index is 1080. The molecule has 2 aromatic rings. The van der Waals surface area contributed by atoms with Crippen LogP contribution in [0.25, 0.3) is 6.08 Å². The Morgan fingerprint density at radius 3 is 2.57 bits per heavy atom. The molecular formula is C24H23NO5. The standard InChI is InChI=1S/C24H23NO5/c1-16-3-4-19(12-23(16)28)14-25(29)15-20-11-17(7-9-21(20)26)5-6-18-8-10-22(27)24(13-18)30-2/h3-13,15,27-29H,14H2,1-2H3/b6-5+,20-15?. The molecule has 0 spiro atoms. The Hall–Kier alpha value is -3.77. The minimum atomic E-state index is -0.218. The van der Waals surface area contributed by atoms with Gasteiger partial charge in [0, 0.05) is 11.8 Å². The van der Waals surface area contributed by atoms with E-state index in [1.54, 1.807) is 55.5 Å². The summed E-state index contributed by atoms with van der Waals surface area (Å²) in [5, 5.41) is 30.6. The third-order valence-corrected chi connectivity index (χ3v) is 4.61. The number of ether oxygens (including phenoxy) is 1. The summed E-state index contributed by atoms with van der Waals surface area (Å²) in [5.74, 6) is 0.374. The van der Waals surface area contributed by atoms with Gasteiger partial charge in [-0.15, -0.1) is 0 Å². The van der Waals surface area contributed by atoms with E-state index in [0.29, 0.717) is 16.9 Å². The summed E-state index contributed by atoms with van der Waals surface area (Å²) >= 11 is 0. The minimum Gasteiger partial charge on any atom is -0.508 e. The van der Waals surface area contributed by atoms with E-state index in [4.69, 9.17) is 4.74 Å². The second kappa shape index (κ2) is 9.15. The van der Waals surface area contributed by atoms with Crippen molar-refractivity contribution in [2.24, 2.45) is 0 Å². The molecule has 0 aliphatic heterocycles. The number of aryl methyl sites for hydroxylation is 1. The third kappa shape index (κ3) is 5.18. The molecule has 0 bridgehead atoms. The Morgan fingerprint density at radius 2 is 1.83 bits per heavy atom. The molecule has 0 saturated heterocycles. The molecule has 0 aromatic heterocycles. The molecule has 2 aromatic carbocycles. The molecule has 0 heterocycles. The van der Waals surface area contributed by atoms with Crippen molar-refractivity contribution in [1.82, 2.24) is 5.06 Å². The van der Waals surface area contributed by atoms with Gasteiger partial charge >= 0.3 is 0 Å². The first-order valence-corrected chi connectivity index (χ1v) is 9.31. The monoisotopic (exact) mass is 405 g/mol. The van der Waals surface area contributed by atoms with Crippen LogP contribution in [0.1, 0.15) is 16.7 Å². The van der Waals surface area contributed by atoms with Crippen molar-refractivity contribution in [2.45, 2.75) is 13.5 Å². The number of ketones is 1. The molecule has 30 heavy (non-hydrogen) atoms. The van der Waals surface area contributed by atoms with Crippen LogP contribution in [0.2, 0.25) is 0 Å². The number of hydrogen-bond acceptors (Lipinski definition) is 6. The zero-order chi connectivity index (χ0) is 21.7. The van der Waals surface area contributed by atoms with E-state index in [-0.39, 0.29) is 23.8 Å². The molecule has 0 unspecified atom stereocenters. The van der Waals surface area contributed by atoms with E-state index < -0.39 is 0 Å². The van der Waals surface area contributed by atoms with Crippen LogP contribution >= 0.6 is 0 Å². The Labute approximate surface area is 174 Å². The second-order valence-electron chi connectivity index (χ2n) is 6.91. The van der Waals surface area contributed by atoms with Crippen molar-refractivity contribution >= 4 is 11.9 Å². The number of allylic oxidation sites excluding steroid dienone is 6. The number of hydrogen-bond donors (Lipinski definition) is 3. The molecule has 3 rings (SSSR count). The lowest BCUT2D eigenvalue weighted by Crippen LogP contribution is -2.14. The van der Waals surface area contributed by atoms with E-state index in [9.17, 15) is 20.2 Å². The van der Waals surface area contributed by atoms with Gasteiger partial charge < -0.3 is 14.9 Å². The fourth-order valence-corrected chi connectivity index (χ4v) is 2.91. The van der Waals surface area contributed by atoms with Gasteiger partial charge in [-0.05, 0) is 59.5 Å². The first kappa shape index (κ1) is 21.0. The summed E-state index contributed by atoms with van der Waals surface area (Å²) in [4.78, 5) is 12.2. The largest absolute Gasteiger partial charge is 0.508 e. The van der Waals surface area contributed by atoms with E-state index in [2.05, 4.69) is 0 Å². The van der Waals surface area contributed by atoms with E-state index in [1.807, 2.05) is 12.2 Å². The van der Waals surface area contributed by atoms with E-state index in [0.717, 1.165) is 21.8 Å². The summed E-state index contributed by atoms with van der Waals surface area (Å²) in [6.07, 6.45) is 9.81. The van der Waals surface area contributed by atoms with Gasteiger partial charge in [-0.2, -0.15) is 0 Å². The molecule has 0 fully saturated rings. The summed E-state index contributed by atoms with van der Waals surface area (Å²) in [6, 6.07) is 10.1. The number of rotatable bonds is 6. The molecule has 0 saturated carbocycles. The van der Waals surface area contributed by atoms with Gasteiger partial charge in [0.2, 0.25) is 0 Å². The van der Waals surface area contributed by atoms with Gasteiger partial charge in [-0.3, -0.25) is 15.1 Å². The van der Waals surface area contributed by atoms with Crippen LogP contribution in [0.15, 0.2) is 78.0 Å². The highest BCUT2D eigenvalue weighted by molar-refractivity contribution is 6.08. The highest BCUT2D eigenvalue weighted by Crippen LogP contribution is 2.27. The van der Waals surface area contributed by atoms with Crippen LogP contribution in [0.3, 0.4) is 0 Å². The molecule has 0 atom stereocenters. The number of methoxy groups -OCH3 is 1. The molecule has 0 radical (unpaired) electrons. The van der Waals surface area contributed by atoms with Crippen molar-refractivity contribution in [2.75, 3.05) is 7.11 Å². The third-order valence-electron chi connectivity index (χ3n) is 4.61.